The summed E-state index contributed by atoms with van der Waals surface area (Å²) in [7, 11) is 0. The third-order valence-electron chi connectivity index (χ3n) is 6.64. The minimum atomic E-state index is -4.47. The number of halogens is 3. The zero-order valence-corrected chi connectivity index (χ0v) is 20.2. The molecule has 0 bridgehead atoms. The summed E-state index contributed by atoms with van der Waals surface area (Å²) in [6.45, 7) is 3.70. The molecule has 0 radical (unpaired) electrons. The van der Waals surface area contributed by atoms with Crippen LogP contribution in [0, 0.1) is 17.8 Å². The molecule has 0 aromatic carbocycles. The van der Waals surface area contributed by atoms with E-state index in [1.165, 1.54) is 11.3 Å². The first-order valence-corrected chi connectivity index (χ1v) is 12.3. The Morgan fingerprint density at radius 1 is 1.23 bits per heavy atom. The lowest BCUT2D eigenvalue weighted by Gasteiger charge is -2.35. The Kier molecular flexibility index (Phi) is 7.01. The molecular formula is C24H27F3N4O3S. The summed E-state index contributed by atoms with van der Waals surface area (Å²) < 4.78 is 39.1. The molecule has 1 fully saturated rings. The van der Waals surface area contributed by atoms with E-state index in [9.17, 15) is 28.2 Å². The van der Waals surface area contributed by atoms with Crippen molar-refractivity contribution in [3.63, 3.8) is 0 Å². The molecular weight excluding hydrogens is 481 g/mol. The van der Waals surface area contributed by atoms with Crippen LogP contribution in [0.4, 0.5) is 19.0 Å². The van der Waals surface area contributed by atoms with Gasteiger partial charge in [-0.3, -0.25) is 4.79 Å². The minimum Gasteiger partial charge on any atom is -0.481 e. The molecule has 1 saturated carbocycles. The molecule has 7 nitrogen and oxygen atoms in total. The van der Waals surface area contributed by atoms with Gasteiger partial charge in [-0.05, 0) is 56.6 Å². The predicted octanol–water partition coefficient (Wildman–Crippen LogP) is 5.36. The summed E-state index contributed by atoms with van der Waals surface area (Å²) in [6.07, 6.45) is 3.07. The fourth-order valence-corrected chi connectivity index (χ4v) is 5.64. The highest BCUT2D eigenvalue weighted by molar-refractivity contribution is 7.12. The van der Waals surface area contributed by atoms with Crippen molar-refractivity contribution in [1.29, 1.82) is 0 Å². The van der Waals surface area contributed by atoms with Crippen molar-refractivity contribution >= 4 is 34.7 Å². The van der Waals surface area contributed by atoms with Gasteiger partial charge in [-0.2, -0.15) is 13.2 Å². The van der Waals surface area contributed by atoms with Crippen LogP contribution < -0.4 is 5.32 Å². The Bertz CT molecular complexity index is 1150. The van der Waals surface area contributed by atoms with Crippen LogP contribution in [0.25, 0.3) is 5.70 Å². The molecule has 188 valence electrons. The average Bonchev–Trinajstić information content (AvgIpc) is 3.30. The van der Waals surface area contributed by atoms with E-state index in [2.05, 4.69) is 20.3 Å². The third kappa shape index (κ3) is 5.72. The minimum absolute atomic E-state index is 0.0272. The monoisotopic (exact) mass is 508 g/mol. The summed E-state index contributed by atoms with van der Waals surface area (Å²) in [5, 5.41) is 24.2. The van der Waals surface area contributed by atoms with Crippen molar-refractivity contribution in [2.75, 3.05) is 0 Å². The number of carboxylic acid groups (broad SMARTS) is 1. The molecule has 1 unspecified atom stereocenters. The number of aliphatic carboxylic acids is 1. The second-order valence-corrected chi connectivity index (χ2v) is 10.4. The Morgan fingerprint density at radius 3 is 2.60 bits per heavy atom. The van der Waals surface area contributed by atoms with Gasteiger partial charge in [-0.15, -0.1) is 11.3 Å². The number of thiazole rings is 1. The molecule has 0 amide bonds. The summed E-state index contributed by atoms with van der Waals surface area (Å²) in [5.74, 6) is -0.698. The van der Waals surface area contributed by atoms with Gasteiger partial charge in [-0.1, -0.05) is 13.0 Å². The molecule has 2 aliphatic rings. The van der Waals surface area contributed by atoms with Crippen molar-refractivity contribution in [2.24, 2.45) is 22.7 Å². The molecule has 0 saturated heterocycles. The van der Waals surface area contributed by atoms with Gasteiger partial charge in [0.2, 0.25) is 0 Å². The van der Waals surface area contributed by atoms with Crippen molar-refractivity contribution in [2.45, 2.75) is 57.7 Å². The fraction of sp³-hybridized carbons (Fsp3) is 0.500. The molecule has 0 spiro atoms. The Balaban J connectivity index is 1.51. The first-order chi connectivity index (χ1) is 16.4. The van der Waals surface area contributed by atoms with Crippen molar-refractivity contribution < 1.29 is 28.2 Å². The van der Waals surface area contributed by atoms with Gasteiger partial charge in [-0.25, -0.2) is 15.0 Å². The number of aromatic nitrogens is 2. The standard InChI is InChI=1S/C24H27F3N4O3S/c1-13-9-17(30-20(10-13)31-19-11-16(7-8-28-19)24(25,26)27)18-12-29-22(35-18)23(2,34)15-5-3-14(4-6-15)21(32)33/h7-9,11-15,34H,3-6,10H2,1-2H3,(H,32,33)(H,28,30,31)/t13-,14?,15?,23?/m0/s1. The molecule has 1 aliphatic carbocycles. The second-order valence-electron chi connectivity index (χ2n) is 9.41. The number of alkyl halides is 3. The molecule has 2 aromatic rings. The molecule has 3 N–H and O–H groups in total. The highest BCUT2D eigenvalue weighted by atomic mass is 32.1. The molecule has 4 rings (SSSR count). The number of rotatable bonds is 5. The Hall–Kier alpha value is -2.79. The predicted molar refractivity (Wildman–Crippen MR) is 126 cm³/mol. The zero-order chi connectivity index (χ0) is 25.4. The average molecular weight is 509 g/mol. The first kappa shape index (κ1) is 25.3. The normalized spacial score (nSPS) is 26.1. The summed E-state index contributed by atoms with van der Waals surface area (Å²) in [5.41, 5.74) is -1.27. The lowest BCUT2D eigenvalue weighted by atomic mass is 9.74. The van der Waals surface area contributed by atoms with Crippen LogP contribution in [0.5, 0.6) is 0 Å². The van der Waals surface area contributed by atoms with E-state index in [1.54, 1.807) is 13.1 Å². The van der Waals surface area contributed by atoms with Gasteiger partial charge in [0.05, 0.1) is 22.1 Å². The number of amidine groups is 1. The number of nitrogens with zero attached hydrogens (tertiary/aromatic N) is 3. The van der Waals surface area contributed by atoms with Crippen LogP contribution in [-0.2, 0) is 16.6 Å². The number of carbonyl (C=O) groups is 1. The quantitative estimate of drug-likeness (QED) is 0.502. The maximum Gasteiger partial charge on any atom is 0.416 e. The molecule has 11 heteroatoms. The third-order valence-corrected chi connectivity index (χ3v) is 7.90. The topological polar surface area (TPSA) is 108 Å². The van der Waals surface area contributed by atoms with Crippen LogP contribution in [0.2, 0.25) is 0 Å². The van der Waals surface area contributed by atoms with E-state index in [-0.39, 0.29) is 23.6 Å². The van der Waals surface area contributed by atoms with Crippen LogP contribution in [-0.4, -0.2) is 32.0 Å². The van der Waals surface area contributed by atoms with Crippen LogP contribution in [0.1, 0.15) is 61.4 Å². The smallest absolute Gasteiger partial charge is 0.416 e. The van der Waals surface area contributed by atoms with Crippen molar-refractivity contribution in [1.82, 2.24) is 15.3 Å². The van der Waals surface area contributed by atoms with E-state index in [1.807, 2.05) is 13.0 Å². The van der Waals surface area contributed by atoms with Gasteiger partial charge in [0, 0.05) is 18.8 Å². The molecule has 2 aromatic heterocycles. The fourth-order valence-electron chi connectivity index (χ4n) is 4.62. The van der Waals surface area contributed by atoms with Gasteiger partial charge in [0.25, 0.3) is 0 Å². The maximum atomic E-state index is 13.0. The van der Waals surface area contributed by atoms with E-state index in [0.717, 1.165) is 28.9 Å². The highest BCUT2D eigenvalue weighted by Gasteiger charge is 2.40. The van der Waals surface area contributed by atoms with Crippen LogP contribution >= 0.6 is 11.3 Å². The molecule has 35 heavy (non-hydrogen) atoms. The van der Waals surface area contributed by atoms with E-state index < -0.39 is 23.3 Å². The van der Waals surface area contributed by atoms with Gasteiger partial charge in [0.1, 0.15) is 16.4 Å². The van der Waals surface area contributed by atoms with Gasteiger partial charge < -0.3 is 15.5 Å². The second kappa shape index (κ2) is 9.69. The van der Waals surface area contributed by atoms with Gasteiger partial charge in [0.15, 0.2) is 5.82 Å². The highest BCUT2D eigenvalue weighted by Crippen LogP contribution is 2.43. The number of carboxylic acids is 1. The Morgan fingerprint density at radius 2 is 1.94 bits per heavy atom. The number of allylic oxidation sites excluding steroid dienone is 1. The lowest BCUT2D eigenvalue weighted by Crippen LogP contribution is -2.35. The number of aliphatic imine (C=N–C) groups is 1. The van der Waals surface area contributed by atoms with E-state index in [4.69, 9.17) is 0 Å². The van der Waals surface area contributed by atoms with E-state index >= 15 is 0 Å². The van der Waals surface area contributed by atoms with E-state index in [0.29, 0.717) is 42.9 Å². The van der Waals surface area contributed by atoms with Crippen molar-refractivity contribution in [3.05, 3.63) is 46.1 Å². The summed E-state index contributed by atoms with van der Waals surface area (Å²) >= 11 is 1.34. The number of pyridine rings is 1. The number of aliphatic hydroxyl groups is 1. The Labute approximate surface area is 204 Å². The van der Waals surface area contributed by atoms with Gasteiger partial charge >= 0.3 is 12.1 Å². The summed E-state index contributed by atoms with van der Waals surface area (Å²) in [6, 6.07) is 1.82. The van der Waals surface area contributed by atoms with Crippen LogP contribution in [0.15, 0.2) is 35.6 Å². The number of hydrogen-bond donors (Lipinski definition) is 3. The molecule has 3 heterocycles. The first-order valence-electron chi connectivity index (χ1n) is 11.4. The zero-order valence-electron chi connectivity index (χ0n) is 19.3. The summed E-state index contributed by atoms with van der Waals surface area (Å²) in [4.78, 5) is 24.7. The molecule has 2 atom stereocenters. The SMILES string of the molecule is C[C@H]1C=C(c2cnc(C(C)(O)C3CCC(C(=O)O)CC3)s2)NC(=Nc2cc(C(F)(F)F)ccn2)C1. The largest absolute Gasteiger partial charge is 0.481 e. The van der Waals surface area contributed by atoms with Crippen LogP contribution in [0.3, 0.4) is 0 Å². The molecule has 1 aliphatic heterocycles. The number of hydrogen-bond acceptors (Lipinski definition) is 6. The maximum absolute atomic E-state index is 13.0. The lowest BCUT2D eigenvalue weighted by molar-refractivity contribution is -0.144. The number of nitrogens with one attached hydrogen (secondary N) is 1. The van der Waals surface area contributed by atoms with Crippen molar-refractivity contribution in [3.8, 4) is 0 Å².